The van der Waals surface area contributed by atoms with Crippen molar-refractivity contribution in [3.63, 3.8) is 0 Å². The molecule has 6 heteroatoms. The van der Waals surface area contributed by atoms with E-state index in [-0.39, 0.29) is 5.82 Å². The standard InChI is InChI=1S/C18H23FN2O2S/c1-4-5-10-21(2)11-14-15(12-6-8-13(19)9-7-12)16(17(20)24-14)18(22)23-3/h6-9H,4-5,10-11,20H2,1-3H3. The third-order valence-electron chi connectivity index (χ3n) is 3.84. The summed E-state index contributed by atoms with van der Waals surface area (Å²) in [7, 11) is 3.37. The predicted octanol–water partition coefficient (Wildman–Crippen LogP) is 4.15. The lowest BCUT2D eigenvalue weighted by atomic mass is 10.0. The fourth-order valence-corrected chi connectivity index (χ4v) is 3.75. The predicted molar refractivity (Wildman–Crippen MR) is 96.7 cm³/mol. The molecule has 0 saturated heterocycles. The van der Waals surface area contributed by atoms with Gasteiger partial charge in [0.2, 0.25) is 0 Å². The average molecular weight is 350 g/mol. The third-order valence-corrected chi connectivity index (χ3v) is 4.84. The zero-order valence-corrected chi connectivity index (χ0v) is 15.1. The molecule has 2 N–H and O–H groups in total. The monoisotopic (exact) mass is 350 g/mol. The number of hydrogen-bond donors (Lipinski definition) is 1. The van der Waals surface area contributed by atoms with Crippen molar-refractivity contribution in [3.05, 3.63) is 40.5 Å². The number of nitrogens with zero attached hydrogens (tertiary/aromatic N) is 1. The van der Waals surface area contributed by atoms with Crippen LogP contribution in [0.25, 0.3) is 11.1 Å². The normalized spacial score (nSPS) is 11.0. The number of carbonyl (C=O) groups excluding carboxylic acids is 1. The molecule has 1 heterocycles. The van der Waals surface area contributed by atoms with Gasteiger partial charge in [-0.2, -0.15) is 0 Å². The molecule has 2 aromatic rings. The Morgan fingerprint density at radius 3 is 2.58 bits per heavy atom. The van der Waals surface area contributed by atoms with Gasteiger partial charge >= 0.3 is 5.97 Å². The zero-order chi connectivity index (χ0) is 17.7. The number of methoxy groups -OCH3 is 1. The van der Waals surface area contributed by atoms with Gasteiger partial charge in [-0.3, -0.25) is 0 Å². The van der Waals surface area contributed by atoms with Crippen molar-refractivity contribution in [1.82, 2.24) is 4.90 Å². The van der Waals surface area contributed by atoms with E-state index < -0.39 is 5.97 Å². The second kappa shape index (κ2) is 8.26. The number of unbranched alkanes of at least 4 members (excludes halogenated alkanes) is 1. The number of esters is 1. The van der Waals surface area contributed by atoms with E-state index in [2.05, 4.69) is 11.8 Å². The smallest absolute Gasteiger partial charge is 0.341 e. The molecule has 0 unspecified atom stereocenters. The molecule has 4 nitrogen and oxygen atoms in total. The first-order valence-electron chi connectivity index (χ1n) is 7.91. The van der Waals surface area contributed by atoms with Gasteiger partial charge in [0.15, 0.2) is 0 Å². The van der Waals surface area contributed by atoms with Crippen molar-refractivity contribution >= 4 is 22.3 Å². The zero-order valence-electron chi connectivity index (χ0n) is 14.3. The largest absolute Gasteiger partial charge is 0.465 e. The van der Waals surface area contributed by atoms with Gasteiger partial charge in [-0.05, 0) is 37.7 Å². The van der Waals surface area contributed by atoms with Crippen LogP contribution in [0.5, 0.6) is 0 Å². The van der Waals surface area contributed by atoms with Crippen LogP contribution in [-0.2, 0) is 11.3 Å². The van der Waals surface area contributed by atoms with E-state index in [1.807, 2.05) is 7.05 Å². The number of nitrogens with two attached hydrogens (primary N) is 1. The number of ether oxygens (including phenoxy) is 1. The van der Waals surface area contributed by atoms with Crippen molar-refractivity contribution in [1.29, 1.82) is 0 Å². The fraction of sp³-hybridized carbons (Fsp3) is 0.389. The molecule has 0 aliphatic rings. The quantitative estimate of drug-likeness (QED) is 0.762. The molecule has 0 fully saturated rings. The summed E-state index contributed by atoms with van der Waals surface area (Å²) >= 11 is 1.39. The van der Waals surface area contributed by atoms with Crippen LogP contribution in [0, 0.1) is 5.82 Å². The minimum atomic E-state index is -0.467. The van der Waals surface area contributed by atoms with Crippen LogP contribution in [0.2, 0.25) is 0 Å². The Hall–Kier alpha value is -1.92. The maximum atomic E-state index is 13.3. The van der Waals surface area contributed by atoms with Crippen LogP contribution in [0.1, 0.15) is 35.0 Å². The first-order chi connectivity index (χ1) is 11.5. The van der Waals surface area contributed by atoms with E-state index in [1.165, 1.54) is 30.6 Å². The van der Waals surface area contributed by atoms with Gasteiger partial charge in [0.1, 0.15) is 16.4 Å². The molecule has 0 spiro atoms. The summed E-state index contributed by atoms with van der Waals surface area (Å²) in [5.74, 6) is -0.784. The summed E-state index contributed by atoms with van der Waals surface area (Å²) in [5.41, 5.74) is 7.97. The minimum absolute atomic E-state index is 0.316. The van der Waals surface area contributed by atoms with E-state index in [1.54, 1.807) is 12.1 Å². The van der Waals surface area contributed by atoms with E-state index in [0.29, 0.717) is 17.1 Å². The molecule has 0 saturated carbocycles. The molecule has 130 valence electrons. The van der Waals surface area contributed by atoms with Crippen LogP contribution in [0.3, 0.4) is 0 Å². The SMILES string of the molecule is CCCCN(C)Cc1sc(N)c(C(=O)OC)c1-c1ccc(F)cc1. The molecule has 0 radical (unpaired) electrons. The van der Waals surface area contributed by atoms with Crippen molar-refractivity contribution in [3.8, 4) is 11.1 Å². The fourth-order valence-electron chi connectivity index (χ4n) is 2.59. The van der Waals surface area contributed by atoms with E-state index in [9.17, 15) is 9.18 Å². The Morgan fingerprint density at radius 2 is 2.00 bits per heavy atom. The lowest BCUT2D eigenvalue weighted by molar-refractivity contribution is 0.0603. The van der Waals surface area contributed by atoms with Crippen LogP contribution < -0.4 is 5.73 Å². The summed E-state index contributed by atoms with van der Waals surface area (Å²) in [4.78, 5) is 15.4. The van der Waals surface area contributed by atoms with Crippen molar-refractivity contribution in [2.75, 3.05) is 26.4 Å². The van der Waals surface area contributed by atoms with E-state index >= 15 is 0 Å². The number of benzene rings is 1. The Kier molecular flexibility index (Phi) is 6.34. The van der Waals surface area contributed by atoms with Gasteiger partial charge in [0.25, 0.3) is 0 Å². The van der Waals surface area contributed by atoms with Gasteiger partial charge in [-0.25, -0.2) is 9.18 Å². The maximum Gasteiger partial charge on any atom is 0.341 e. The third kappa shape index (κ3) is 4.13. The molecule has 0 bridgehead atoms. The van der Waals surface area contributed by atoms with E-state index in [0.717, 1.165) is 35.4 Å². The van der Waals surface area contributed by atoms with Crippen LogP contribution >= 0.6 is 11.3 Å². The van der Waals surface area contributed by atoms with Gasteiger partial charge in [-0.15, -0.1) is 11.3 Å². The molecule has 0 amide bonds. The van der Waals surface area contributed by atoms with Crippen LogP contribution in [0.4, 0.5) is 9.39 Å². The number of nitrogen functional groups attached to an aromatic ring is 1. The number of thiophene rings is 1. The lowest BCUT2D eigenvalue weighted by Crippen LogP contribution is -2.18. The first kappa shape index (κ1) is 18.4. The molecule has 2 rings (SSSR count). The maximum absolute atomic E-state index is 13.3. The number of anilines is 1. The molecule has 1 aromatic carbocycles. The second-order valence-electron chi connectivity index (χ2n) is 5.73. The highest BCUT2D eigenvalue weighted by Crippen LogP contribution is 2.39. The first-order valence-corrected chi connectivity index (χ1v) is 8.73. The molecule has 0 atom stereocenters. The van der Waals surface area contributed by atoms with Crippen molar-refractivity contribution in [2.24, 2.45) is 0 Å². The van der Waals surface area contributed by atoms with Crippen LogP contribution in [-0.4, -0.2) is 31.6 Å². The highest BCUT2D eigenvalue weighted by atomic mass is 32.1. The molecule has 1 aromatic heterocycles. The van der Waals surface area contributed by atoms with E-state index in [4.69, 9.17) is 10.5 Å². The molecule has 0 aliphatic heterocycles. The average Bonchev–Trinajstić information content (AvgIpc) is 2.88. The Balaban J connectivity index is 2.46. The summed E-state index contributed by atoms with van der Waals surface area (Å²) in [5, 5.41) is 0.431. The Morgan fingerprint density at radius 1 is 1.33 bits per heavy atom. The van der Waals surface area contributed by atoms with Crippen molar-refractivity contribution < 1.29 is 13.9 Å². The summed E-state index contributed by atoms with van der Waals surface area (Å²) in [6.45, 7) is 3.79. The molecule has 0 aliphatic carbocycles. The second-order valence-corrected chi connectivity index (χ2v) is 6.87. The summed E-state index contributed by atoms with van der Waals surface area (Å²) in [6, 6.07) is 6.10. The van der Waals surface area contributed by atoms with Crippen molar-refractivity contribution in [2.45, 2.75) is 26.3 Å². The van der Waals surface area contributed by atoms with Gasteiger partial charge in [0.05, 0.1) is 7.11 Å². The Bertz CT molecular complexity index is 698. The molecular weight excluding hydrogens is 327 g/mol. The van der Waals surface area contributed by atoms with Gasteiger partial charge < -0.3 is 15.4 Å². The van der Waals surface area contributed by atoms with Gasteiger partial charge in [-0.1, -0.05) is 25.5 Å². The highest BCUT2D eigenvalue weighted by molar-refractivity contribution is 7.17. The number of carbonyl (C=O) groups is 1. The van der Waals surface area contributed by atoms with Crippen LogP contribution in [0.15, 0.2) is 24.3 Å². The highest BCUT2D eigenvalue weighted by Gasteiger charge is 2.24. The number of halogens is 1. The molecule has 24 heavy (non-hydrogen) atoms. The van der Waals surface area contributed by atoms with Gasteiger partial charge in [0, 0.05) is 17.0 Å². The molecular formula is C18H23FN2O2S. The Labute approximate surface area is 146 Å². The topological polar surface area (TPSA) is 55.6 Å². The summed E-state index contributed by atoms with van der Waals surface area (Å²) < 4.78 is 18.1. The minimum Gasteiger partial charge on any atom is -0.465 e. The number of rotatable bonds is 7. The number of hydrogen-bond acceptors (Lipinski definition) is 5. The summed E-state index contributed by atoms with van der Waals surface area (Å²) in [6.07, 6.45) is 2.22. The lowest BCUT2D eigenvalue weighted by Gasteiger charge is -2.16.